The molecule has 1 atom stereocenters. The molecule has 0 aromatic heterocycles. The SMILES string of the molecule is CC(CN)C1CCC(N2CCCC2)CC1. The zero-order valence-corrected chi connectivity index (χ0v) is 10.1. The topological polar surface area (TPSA) is 29.3 Å². The first-order valence-corrected chi connectivity index (χ1v) is 6.75. The van der Waals surface area contributed by atoms with Crippen molar-refractivity contribution >= 4 is 0 Å². The van der Waals surface area contributed by atoms with E-state index in [2.05, 4.69) is 11.8 Å². The monoisotopic (exact) mass is 210 g/mol. The van der Waals surface area contributed by atoms with Gasteiger partial charge in [-0.05, 0) is 70.0 Å². The van der Waals surface area contributed by atoms with E-state index in [4.69, 9.17) is 5.73 Å². The first-order valence-electron chi connectivity index (χ1n) is 6.75. The van der Waals surface area contributed by atoms with Crippen molar-refractivity contribution < 1.29 is 0 Å². The summed E-state index contributed by atoms with van der Waals surface area (Å²) in [7, 11) is 0. The van der Waals surface area contributed by atoms with E-state index in [9.17, 15) is 0 Å². The van der Waals surface area contributed by atoms with Gasteiger partial charge in [0.1, 0.15) is 0 Å². The van der Waals surface area contributed by atoms with Crippen molar-refractivity contribution in [2.45, 2.75) is 51.5 Å². The highest BCUT2D eigenvalue weighted by Gasteiger charge is 2.28. The first-order chi connectivity index (χ1) is 7.31. The Kier molecular flexibility index (Phi) is 4.04. The van der Waals surface area contributed by atoms with Crippen LogP contribution in [0.25, 0.3) is 0 Å². The molecule has 0 radical (unpaired) electrons. The number of rotatable bonds is 3. The molecule has 88 valence electrons. The van der Waals surface area contributed by atoms with Crippen LogP contribution in [0.1, 0.15) is 45.4 Å². The summed E-state index contributed by atoms with van der Waals surface area (Å²) < 4.78 is 0. The lowest BCUT2D eigenvalue weighted by atomic mass is 9.78. The third kappa shape index (κ3) is 2.73. The van der Waals surface area contributed by atoms with Crippen molar-refractivity contribution in [3.05, 3.63) is 0 Å². The zero-order chi connectivity index (χ0) is 10.7. The Morgan fingerprint density at radius 1 is 1.13 bits per heavy atom. The lowest BCUT2D eigenvalue weighted by molar-refractivity contribution is 0.144. The minimum atomic E-state index is 0.740. The minimum Gasteiger partial charge on any atom is -0.330 e. The fourth-order valence-electron chi connectivity index (χ4n) is 3.33. The smallest absolute Gasteiger partial charge is 0.00954 e. The molecule has 2 fully saturated rings. The Balaban J connectivity index is 1.76. The van der Waals surface area contributed by atoms with Crippen LogP contribution >= 0.6 is 0 Å². The molecule has 1 heterocycles. The summed E-state index contributed by atoms with van der Waals surface area (Å²) in [4.78, 5) is 2.73. The predicted molar refractivity (Wildman–Crippen MR) is 64.8 cm³/mol. The number of hydrogen-bond donors (Lipinski definition) is 1. The molecule has 0 bridgehead atoms. The van der Waals surface area contributed by atoms with Crippen molar-refractivity contribution in [1.29, 1.82) is 0 Å². The van der Waals surface area contributed by atoms with Gasteiger partial charge >= 0.3 is 0 Å². The maximum Gasteiger partial charge on any atom is 0.00954 e. The van der Waals surface area contributed by atoms with Gasteiger partial charge in [-0.1, -0.05) is 6.92 Å². The molecule has 1 saturated carbocycles. The molecule has 1 aliphatic carbocycles. The summed E-state index contributed by atoms with van der Waals surface area (Å²) in [6.07, 6.45) is 8.54. The molecular weight excluding hydrogens is 184 g/mol. The highest BCUT2D eigenvalue weighted by molar-refractivity contribution is 4.83. The van der Waals surface area contributed by atoms with Crippen LogP contribution in [0.4, 0.5) is 0 Å². The average Bonchev–Trinajstić information content (AvgIpc) is 2.82. The fourth-order valence-corrected chi connectivity index (χ4v) is 3.33. The van der Waals surface area contributed by atoms with Crippen LogP contribution in [0.2, 0.25) is 0 Å². The van der Waals surface area contributed by atoms with E-state index in [1.807, 2.05) is 0 Å². The Labute approximate surface area is 94.2 Å². The minimum absolute atomic E-state index is 0.740. The summed E-state index contributed by atoms with van der Waals surface area (Å²) in [5.41, 5.74) is 5.75. The summed E-state index contributed by atoms with van der Waals surface area (Å²) in [6.45, 7) is 5.92. The molecule has 0 spiro atoms. The van der Waals surface area contributed by atoms with Crippen LogP contribution < -0.4 is 5.73 Å². The Hall–Kier alpha value is -0.0800. The second kappa shape index (κ2) is 5.31. The molecule has 2 nitrogen and oxygen atoms in total. The lowest BCUT2D eigenvalue weighted by Gasteiger charge is -2.36. The molecule has 1 aliphatic heterocycles. The molecule has 15 heavy (non-hydrogen) atoms. The van der Waals surface area contributed by atoms with Crippen LogP contribution in [0.5, 0.6) is 0 Å². The third-order valence-electron chi connectivity index (χ3n) is 4.57. The van der Waals surface area contributed by atoms with Gasteiger partial charge in [0, 0.05) is 6.04 Å². The highest BCUT2D eigenvalue weighted by Crippen LogP contribution is 2.33. The Morgan fingerprint density at radius 2 is 1.73 bits per heavy atom. The molecule has 2 aliphatic rings. The van der Waals surface area contributed by atoms with Crippen molar-refractivity contribution in [2.75, 3.05) is 19.6 Å². The van der Waals surface area contributed by atoms with Gasteiger partial charge in [0.05, 0.1) is 0 Å². The van der Waals surface area contributed by atoms with Crippen LogP contribution in [0.3, 0.4) is 0 Å². The van der Waals surface area contributed by atoms with Gasteiger partial charge < -0.3 is 10.6 Å². The van der Waals surface area contributed by atoms with E-state index < -0.39 is 0 Å². The molecule has 1 unspecified atom stereocenters. The molecule has 2 N–H and O–H groups in total. The second-order valence-corrected chi connectivity index (χ2v) is 5.52. The summed E-state index contributed by atoms with van der Waals surface area (Å²) >= 11 is 0. The molecule has 2 rings (SSSR count). The molecule has 0 aromatic rings. The van der Waals surface area contributed by atoms with Gasteiger partial charge in [-0.2, -0.15) is 0 Å². The Bertz CT molecular complexity index is 179. The van der Waals surface area contributed by atoms with Gasteiger partial charge in [0.2, 0.25) is 0 Å². The fraction of sp³-hybridized carbons (Fsp3) is 1.00. The van der Waals surface area contributed by atoms with Crippen LogP contribution in [-0.2, 0) is 0 Å². The molecule has 0 amide bonds. The maximum absolute atomic E-state index is 5.75. The van der Waals surface area contributed by atoms with E-state index in [0.29, 0.717) is 0 Å². The summed E-state index contributed by atoms with van der Waals surface area (Å²) in [5.74, 6) is 1.65. The highest BCUT2D eigenvalue weighted by atomic mass is 15.2. The van der Waals surface area contributed by atoms with E-state index in [0.717, 1.165) is 24.4 Å². The van der Waals surface area contributed by atoms with Gasteiger partial charge in [-0.3, -0.25) is 0 Å². The zero-order valence-electron chi connectivity index (χ0n) is 10.1. The number of hydrogen-bond acceptors (Lipinski definition) is 2. The summed E-state index contributed by atoms with van der Waals surface area (Å²) in [5, 5.41) is 0. The first kappa shape index (κ1) is 11.4. The van der Waals surface area contributed by atoms with Gasteiger partial charge in [0.15, 0.2) is 0 Å². The molecule has 0 aromatic carbocycles. The number of nitrogens with two attached hydrogens (primary N) is 1. The van der Waals surface area contributed by atoms with E-state index >= 15 is 0 Å². The van der Waals surface area contributed by atoms with Crippen molar-refractivity contribution in [3.63, 3.8) is 0 Å². The summed E-state index contributed by atoms with van der Waals surface area (Å²) in [6, 6.07) is 0.911. The maximum atomic E-state index is 5.75. The largest absolute Gasteiger partial charge is 0.330 e. The predicted octanol–water partition coefficient (Wildman–Crippen LogP) is 2.24. The quantitative estimate of drug-likeness (QED) is 0.774. The average molecular weight is 210 g/mol. The lowest BCUT2D eigenvalue weighted by Crippen LogP contribution is -2.37. The van der Waals surface area contributed by atoms with Crippen molar-refractivity contribution in [2.24, 2.45) is 17.6 Å². The van der Waals surface area contributed by atoms with E-state index in [1.165, 1.54) is 51.6 Å². The van der Waals surface area contributed by atoms with Gasteiger partial charge in [0.25, 0.3) is 0 Å². The van der Waals surface area contributed by atoms with Crippen LogP contribution in [-0.4, -0.2) is 30.6 Å². The van der Waals surface area contributed by atoms with Crippen molar-refractivity contribution in [3.8, 4) is 0 Å². The molecule has 2 heteroatoms. The third-order valence-corrected chi connectivity index (χ3v) is 4.57. The molecular formula is C13H26N2. The van der Waals surface area contributed by atoms with Crippen LogP contribution in [0, 0.1) is 11.8 Å². The normalized spacial score (nSPS) is 35.6. The van der Waals surface area contributed by atoms with Gasteiger partial charge in [-0.15, -0.1) is 0 Å². The van der Waals surface area contributed by atoms with Crippen molar-refractivity contribution in [1.82, 2.24) is 4.90 Å². The Morgan fingerprint density at radius 3 is 2.27 bits per heavy atom. The molecule has 1 saturated heterocycles. The standard InChI is InChI=1S/C13H26N2/c1-11(10-14)12-4-6-13(7-5-12)15-8-2-3-9-15/h11-13H,2-10,14H2,1H3. The number of likely N-dealkylation sites (tertiary alicyclic amines) is 1. The second-order valence-electron chi connectivity index (χ2n) is 5.52. The van der Waals surface area contributed by atoms with Crippen LogP contribution in [0.15, 0.2) is 0 Å². The van der Waals surface area contributed by atoms with Gasteiger partial charge in [-0.25, -0.2) is 0 Å². The van der Waals surface area contributed by atoms with E-state index in [1.54, 1.807) is 0 Å². The van der Waals surface area contributed by atoms with E-state index in [-0.39, 0.29) is 0 Å². The number of nitrogens with zero attached hydrogens (tertiary/aromatic N) is 1.